The summed E-state index contributed by atoms with van der Waals surface area (Å²) in [5.74, 6) is 0.916. The third-order valence-corrected chi connectivity index (χ3v) is 4.42. The fourth-order valence-corrected chi connectivity index (χ4v) is 3.11. The average molecular weight is 331 g/mol. The summed E-state index contributed by atoms with van der Waals surface area (Å²) in [6.45, 7) is 1.96. The van der Waals surface area contributed by atoms with Gasteiger partial charge < -0.3 is 14.8 Å². The Balaban J connectivity index is 1.49. The van der Waals surface area contributed by atoms with Crippen LogP contribution < -0.4 is 5.32 Å². The number of rotatable bonds is 4. The lowest BCUT2D eigenvalue weighted by Crippen LogP contribution is -2.45. The molecule has 3 rings (SSSR count). The minimum absolute atomic E-state index is 0.0519. The van der Waals surface area contributed by atoms with E-state index < -0.39 is 0 Å². The molecule has 128 valence electrons. The van der Waals surface area contributed by atoms with Crippen LogP contribution in [-0.4, -0.2) is 45.3 Å². The number of halogens is 1. The van der Waals surface area contributed by atoms with Crippen molar-refractivity contribution in [3.05, 3.63) is 47.8 Å². The van der Waals surface area contributed by atoms with Crippen molar-refractivity contribution in [2.75, 3.05) is 19.6 Å². The number of carbonyl (C=O) groups excluding carboxylic acids is 1. The minimum Gasteiger partial charge on any atom is -0.338 e. The Morgan fingerprint density at radius 2 is 2.17 bits per heavy atom. The van der Waals surface area contributed by atoms with Gasteiger partial charge in [-0.15, -0.1) is 10.2 Å². The first kappa shape index (κ1) is 16.4. The van der Waals surface area contributed by atoms with Crippen LogP contribution in [0.4, 0.5) is 9.18 Å². The number of piperidine rings is 1. The predicted octanol–water partition coefficient (Wildman–Crippen LogP) is 2.09. The molecule has 0 aliphatic carbocycles. The van der Waals surface area contributed by atoms with Crippen molar-refractivity contribution in [1.29, 1.82) is 0 Å². The van der Waals surface area contributed by atoms with E-state index in [1.807, 2.05) is 16.5 Å². The SMILES string of the molecule is Cn1cnnc1C1CCCN(C(=O)NCCc2ccc(F)cc2)C1. The maximum atomic E-state index is 12.9. The second kappa shape index (κ2) is 7.42. The van der Waals surface area contributed by atoms with Crippen molar-refractivity contribution >= 4 is 6.03 Å². The molecule has 1 aromatic heterocycles. The van der Waals surface area contributed by atoms with Crippen molar-refractivity contribution in [3.8, 4) is 0 Å². The molecule has 1 aliphatic heterocycles. The Morgan fingerprint density at radius 3 is 2.88 bits per heavy atom. The highest BCUT2D eigenvalue weighted by Crippen LogP contribution is 2.24. The first-order chi connectivity index (χ1) is 11.6. The number of benzene rings is 1. The molecule has 6 nitrogen and oxygen atoms in total. The van der Waals surface area contributed by atoms with Crippen LogP contribution >= 0.6 is 0 Å². The predicted molar refractivity (Wildman–Crippen MR) is 88.1 cm³/mol. The zero-order valence-electron chi connectivity index (χ0n) is 13.8. The van der Waals surface area contributed by atoms with Gasteiger partial charge in [0.25, 0.3) is 0 Å². The Kier molecular flexibility index (Phi) is 5.08. The second-order valence-corrected chi connectivity index (χ2v) is 6.19. The molecule has 0 saturated carbocycles. The van der Waals surface area contributed by atoms with Crippen molar-refractivity contribution in [3.63, 3.8) is 0 Å². The monoisotopic (exact) mass is 331 g/mol. The highest BCUT2D eigenvalue weighted by Gasteiger charge is 2.27. The fraction of sp³-hybridized carbons (Fsp3) is 0.471. The molecule has 1 aliphatic rings. The molecular weight excluding hydrogens is 309 g/mol. The van der Waals surface area contributed by atoms with E-state index in [-0.39, 0.29) is 17.8 Å². The molecule has 0 radical (unpaired) electrons. The van der Waals surface area contributed by atoms with Gasteiger partial charge in [-0.2, -0.15) is 0 Å². The minimum atomic E-state index is -0.245. The summed E-state index contributed by atoms with van der Waals surface area (Å²) in [5.41, 5.74) is 1.01. The van der Waals surface area contributed by atoms with E-state index >= 15 is 0 Å². The summed E-state index contributed by atoms with van der Waals surface area (Å²) in [4.78, 5) is 14.2. The normalized spacial score (nSPS) is 17.8. The van der Waals surface area contributed by atoms with Gasteiger partial charge in [0.2, 0.25) is 0 Å². The summed E-state index contributed by atoms with van der Waals surface area (Å²) < 4.78 is 14.8. The molecule has 1 atom stereocenters. The standard InChI is InChI=1S/C17H22FN5O/c1-22-12-20-21-16(22)14-3-2-10-23(11-14)17(24)19-9-8-13-4-6-15(18)7-5-13/h4-7,12,14H,2-3,8-11H2,1H3,(H,19,24). The number of urea groups is 1. The van der Waals surface area contributed by atoms with E-state index in [4.69, 9.17) is 0 Å². The summed E-state index contributed by atoms with van der Waals surface area (Å²) in [7, 11) is 1.93. The molecular formula is C17H22FN5O. The van der Waals surface area contributed by atoms with E-state index in [0.717, 1.165) is 30.8 Å². The summed E-state index contributed by atoms with van der Waals surface area (Å²) in [6.07, 6.45) is 4.36. The molecule has 2 heterocycles. The number of hydrogen-bond acceptors (Lipinski definition) is 3. The first-order valence-corrected chi connectivity index (χ1v) is 8.24. The number of likely N-dealkylation sites (tertiary alicyclic amines) is 1. The van der Waals surface area contributed by atoms with Crippen molar-refractivity contribution in [2.45, 2.75) is 25.2 Å². The molecule has 24 heavy (non-hydrogen) atoms. The lowest BCUT2D eigenvalue weighted by atomic mass is 9.97. The Hall–Kier alpha value is -2.44. The highest BCUT2D eigenvalue weighted by atomic mass is 19.1. The molecule has 7 heteroatoms. The van der Waals surface area contributed by atoms with Crippen LogP contribution in [0.5, 0.6) is 0 Å². The van der Waals surface area contributed by atoms with Gasteiger partial charge in [-0.1, -0.05) is 12.1 Å². The maximum Gasteiger partial charge on any atom is 0.317 e. The van der Waals surface area contributed by atoms with E-state index in [2.05, 4.69) is 15.5 Å². The third-order valence-electron chi connectivity index (χ3n) is 4.42. The van der Waals surface area contributed by atoms with Crippen LogP contribution in [0.3, 0.4) is 0 Å². The first-order valence-electron chi connectivity index (χ1n) is 8.24. The van der Waals surface area contributed by atoms with Gasteiger partial charge in [0, 0.05) is 32.6 Å². The maximum absolute atomic E-state index is 12.9. The number of nitrogens with zero attached hydrogens (tertiary/aromatic N) is 4. The van der Waals surface area contributed by atoms with E-state index in [1.165, 1.54) is 12.1 Å². The molecule has 1 N–H and O–H groups in total. The summed E-state index contributed by atoms with van der Waals surface area (Å²) in [6, 6.07) is 6.31. The van der Waals surface area contributed by atoms with E-state index in [0.29, 0.717) is 19.5 Å². The molecule has 2 amide bonds. The highest BCUT2D eigenvalue weighted by molar-refractivity contribution is 5.74. The smallest absolute Gasteiger partial charge is 0.317 e. The Bertz CT molecular complexity index is 685. The van der Waals surface area contributed by atoms with Gasteiger partial charge in [0.1, 0.15) is 18.0 Å². The molecule has 2 aromatic rings. The zero-order valence-corrected chi connectivity index (χ0v) is 13.8. The molecule has 1 aromatic carbocycles. The van der Waals surface area contributed by atoms with E-state index in [1.54, 1.807) is 18.5 Å². The van der Waals surface area contributed by atoms with Gasteiger partial charge in [0.05, 0.1) is 0 Å². The number of aryl methyl sites for hydroxylation is 1. The quantitative estimate of drug-likeness (QED) is 0.933. The lowest BCUT2D eigenvalue weighted by molar-refractivity contribution is 0.178. The number of aromatic nitrogens is 3. The van der Waals surface area contributed by atoms with Gasteiger partial charge in [-0.05, 0) is 37.0 Å². The summed E-state index contributed by atoms with van der Waals surface area (Å²) >= 11 is 0. The fourth-order valence-electron chi connectivity index (χ4n) is 3.11. The number of hydrogen-bond donors (Lipinski definition) is 1. The topological polar surface area (TPSA) is 63.1 Å². The Labute approximate surface area is 140 Å². The van der Waals surface area contributed by atoms with Crippen LogP contribution in [0.25, 0.3) is 0 Å². The van der Waals surface area contributed by atoms with Gasteiger partial charge in [0.15, 0.2) is 0 Å². The van der Waals surface area contributed by atoms with Crippen molar-refractivity contribution in [1.82, 2.24) is 25.0 Å². The molecule has 1 fully saturated rings. The number of nitrogens with one attached hydrogen (secondary N) is 1. The van der Waals surface area contributed by atoms with Crippen molar-refractivity contribution < 1.29 is 9.18 Å². The zero-order chi connectivity index (χ0) is 16.9. The van der Waals surface area contributed by atoms with Crippen molar-refractivity contribution in [2.24, 2.45) is 7.05 Å². The average Bonchev–Trinajstić information content (AvgIpc) is 3.03. The largest absolute Gasteiger partial charge is 0.338 e. The molecule has 0 spiro atoms. The van der Waals surface area contributed by atoms with Crippen LogP contribution in [0.2, 0.25) is 0 Å². The Morgan fingerprint density at radius 1 is 1.38 bits per heavy atom. The molecule has 0 bridgehead atoms. The lowest BCUT2D eigenvalue weighted by Gasteiger charge is -2.32. The van der Waals surface area contributed by atoms with Gasteiger partial charge in [-0.25, -0.2) is 9.18 Å². The third kappa shape index (κ3) is 3.90. The van der Waals surface area contributed by atoms with Crippen LogP contribution in [-0.2, 0) is 13.5 Å². The van der Waals surface area contributed by atoms with E-state index in [9.17, 15) is 9.18 Å². The number of carbonyl (C=O) groups is 1. The summed E-state index contributed by atoms with van der Waals surface area (Å²) in [5, 5.41) is 11.0. The second-order valence-electron chi connectivity index (χ2n) is 6.19. The van der Waals surface area contributed by atoms with Crippen LogP contribution in [0, 0.1) is 5.82 Å². The van der Waals surface area contributed by atoms with Gasteiger partial charge in [-0.3, -0.25) is 0 Å². The molecule has 1 saturated heterocycles. The molecule has 1 unspecified atom stereocenters. The van der Waals surface area contributed by atoms with Crippen LogP contribution in [0.15, 0.2) is 30.6 Å². The number of amides is 2. The van der Waals surface area contributed by atoms with Crippen LogP contribution in [0.1, 0.15) is 30.1 Å². The van der Waals surface area contributed by atoms with Gasteiger partial charge >= 0.3 is 6.03 Å².